The molecule has 0 amide bonds. The van der Waals surface area contributed by atoms with Crippen molar-refractivity contribution >= 4 is 5.97 Å². The zero-order valence-corrected chi connectivity index (χ0v) is 10.0. The molecule has 0 radical (unpaired) electrons. The van der Waals surface area contributed by atoms with Gasteiger partial charge in [-0.05, 0) is 25.5 Å². The zero-order chi connectivity index (χ0) is 13.3. The van der Waals surface area contributed by atoms with Crippen molar-refractivity contribution in [1.82, 2.24) is 10.2 Å². The number of hydrogen-bond donors (Lipinski definition) is 2. The average Bonchev–Trinajstić information content (AvgIpc) is 2.30. The topological polar surface area (TPSA) is 83.0 Å². The minimum atomic E-state index is -1.26. The van der Waals surface area contributed by atoms with E-state index in [-0.39, 0.29) is 5.56 Å². The van der Waals surface area contributed by atoms with Crippen molar-refractivity contribution in [1.29, 1.82) is 0 Å². The molecule has 0 spiro atoms. The lowest BCUT2D eigenvalue weighted by molar-refractivity contribution is 0.0694. The Hall–Kier alpha value is -2.43. The second-order valence-electron chi connectivity index (χ2n) is 4.12. The first-order chi connectivity index (χ1) is 8.49. The van der Waals surface area contributed by atoms with Crippen molar-refractivity contribution in [3.8, 4) is 11.3 Å². The lowest BCUT2D eigenvalue weighted by Crippen LogP contribution is -2.18. The molecule has 5 heteroatoms. The molecule has 0 saturated carbocycles. The number of aromatic amines is 1. The highest BCUT2D eigenvalue weighted by Gasteiger charge is 2.12. The Morgan fingerprint density at radius 1 is 1.28 bits per heavy atom. The molecule has 92 valence electrons. The van der Waals surface area contributed by atoms with Crippen molar-refractivity contribution in [2.75, 3.05) is 0 Å². The fraction of sp³-hybridized carbons (Fsp3) is 0.154. The molecule has 0 aliphatic carbocycles. The largest absolute Gasteiger partial charge is 0.477 e. The molecule has 0 unspecified atom stereocenters. The number of aromatic nitrogens is 2. The minimum Gasteiger partial charge on any atom is -0.477 e. The van der Waals surface area contributed by atoms with Crippen LogP contribution in [-0.4, -0.2) is 21.3 Å². The number of aromatic carboxylic acids is 1. The van der Waals surface area contributed by atoms with Gasteiger partial charge in [-0.2, -0.15) is 5.10 Å². The van der Waals surface area contributed by atoms with Crippen molar-refractivity contribution in [3.63, 3.8) is 0 Å². The molecule has 2 N–H and O–H groups in total. The quantitative estimate of drug-likeness (QED) is 0.843. The van der Waals surface area contributed by atoms with E-state index in [4.69, 9.17) is 5.11 Å². The summed E-state index contributed by atoms with van der Waals surface area (Å²) in [5, 5.41) is 15.0. The molecule has 0 fully saturated rings. The fourth-order valence-electron chi connectivity index (χ4n) is 1.80. The Morgan fingerprint density at radius 3 is 2.61 bits per heavy atom. The lowest BCUT2D eigenvalue weighted by atomic mass is 10.0. The Labute approximate surface area is 103 Å². The van der Waals surface area contributed by atoms with E-state index in [1.807, 2.05) is 32.0 Å². The van der Waals surface area contributed by atoms with Crippen LogP contribution in [0.5, 0.6) is 0 Å². The van der Waals surface area contributed by atoms with Crippen LogP contribution in [-0.2, 0) is 0 Å². The van der Waals surface area contributed by atoms with Crippen LogP contribution in [0.2, 0.25) is 0 Å². The Morgan fingerprint density at radius 2 is 2.00 bits per heavy atom. The highest BCUT2D eigenvalue weighted by atomic mass is 16.4. The number of aryl methyl sites for hydroxylation is 2. The van der Waals surface area contributed by atoms with Gasteiger partial charge in [0, 0.05) is 5.56 Å². The number of nitrogens with one attached hydrogen (secondary N) is 1. The van der Waals surface area contributed by atoms with Gasteiger partial charge >= 0.3 is 5.97 Å². The number of nitrogens with zero attached hydrogens (tertiary/aromatic N) is 1. The second kappa shape index (κ2) is 4.44. The molecule has 2 aromatic rings. The molecule has 0 aliphatic heterocycles. The van der Waals surface area contributed by atoms with E-state index in [0.29, 0.717) is 5.69 Å². The Kier molecular flexibility index (Phi) is 2.97. The monoisotopic (exact) mass is 244 g/mol. The SMILES string of the molecule is Cc1ccc(-c2cc(C(=O)O)c(=O)[nH]n2)c(C)c1. The number of carboxylic acids is 1. The van der Waals surface area contributed by atoms with Crippen LogP contribution in [0.3, 0.4) is 0 Å². The number of rotatable bonds is 2. The van der Waals surface area contributed by atoms with Gasteiger partial charge in [0.25, 0.3) is 5.56 Å². The zero-order valence-electron chi connectivity index (χ0n) is 10.0. The molecule has 5 nitrogen and oxygen atoms in total. The Bertz CT molecular complexity index is 674. The number of carbonyl (C=O) groups is 1. The van der Waals surface area contributed by atoms with Gasteiger partial charge in [0.2, 0.25) is 0 Å². The third-order valence-corrected chi connectivity index (χ3v) is 2.69. The van der Waals surface area contributed by atoms with Crippen molar-refractivity contribution in [3.05, 3.63) is 51.3 Å². The van der Waals surface area contributed by atoms with Crippen molar-refractivity contribution in [2.45, 2.75) is 13.8 Å². The first kappa shape index (κ1) is 12.0. The smallest absolute Gasteiger partial charge is 0.341 e. The predicted octanol–water partition coefficient (Wildman–Crippen LogP) is 1.75. The molecule has 0 aliphatic rings. The number of H-pyrrole nitrogens is 1. The third-order valence-electron chi connectivity index (χ3n) is 2.69. The minimum absolute atomic E-state index is 0.306. The second-order valence-corrected chi connectivity index (χ2v) is 4.12. The normalized spacial score (nSPS) is 10.3. The standard InChI is InChI=1S/C13H12N2O3/c1-7-3-4-9(8(2)5-7)11-6-10(13(17)18)12(16)15-14-11/h3-6H,1-2H3,(H,15,16)(H,17,18). The van der Waals surface area contributed by atoms with Gasteiger partial charge in [-0.1, -0.05) is 23.8 Å². The van der Waals surface area contributed by atoms with Crippen LogP contribution < -0.4 is 5.56 Å². The van der Waals surface area contributed by atoms with Crippen LogP contribution >= 0.6 is 0 Å². The molecule has 1 aromatic carbocycles. The van der Waals surface area contributed by atoms with Crippen LogP contribution in [0, 0.1) is 13.8 Å². The summed E-state index contributed by atoms with van der Waals surface area (Å²) in [5.74, 6) is -1.26. The van der Waals surface area contributed by atoms with E-state index in [1.165, 1.54) is 6.07 Å². The summed E-state index contributed by atoms with van der Waals surface area (Å²) in [4.78, 5) is 22.2. The van der Waals surface area contributed by atoms with E-state index >= 15 is 0 Å². The highest BCUT2D eigenvalue weighted by molar-refractivity contribution is 5.88. The van der Waals surface area contributed by atoms with E-state index < -0.39 is 11.5 Å². The van der Waals surface area contributed by atoms with Crippen LogP contribution in [0.25, 0.3) is 11.3 Å². The maximum absolute atomic E-state index is 11.3. The number of benzene rings is 1. The fourth-order valence-corrected chi connectivity index (χ4v) is 1.80. The van der Waals surface area contributed by atoms with Crippen LogP contribution in [0.1, 0.15) is 21.5 Å². The lowest BCUT2D eigenvalue weighted by Gasteiger charge is -2.06. The molecule has 0 saturated heterocycles. The van der Waals surface area contributed by atoms with Crippen LogP contribution in [0.4, 0.5) is 0 Å². The Balaban J connectivity index is 2.61. The molecule has 2 rings (SSSR count). The molecular weight excluding hydrogens is 232 g/mol. The summed E-state index contributed by atoms with van der Waals surface area (Å²) in [7, 11) is 0. The molecular formula is C13H12N2O3. The molecule has 18 heavy (non-hydrogen) atoms. The summed E-state index contributed by atoms with van der Waals surface area (Å²) in [6.07, 6.45) is 0. The van der Waals surface area contributed by atoms with Crippen molar-refractivity contribution < 1.29 is 9.90 Å². The number of hydrogen-bond acceptors (Lipinski definition) is 3. The summed E-state index contributed by atoms with van der Waals surface area (Å²) in [6, 6.07) is 7.04. The molecule has 1 aromatic heterocycles. The molecule has 1 heterocycles. The maximum Gasteiger partial charge on any atom is 0.341 e. The van der Waals surface area contributed by atoms with E-state index in [1.54, 1.807) is 0 Å². The van der Waals surface area contributed by atoms with E-state index in [0.717, 1.165) is 16.7 Å². The highest BCUT2D eigenvalue weighted by Crippen LogP contribution is 2.21. The molecule has 0 bridgehead atoms. The first-order valence-corrected chi connectivity index (χ1v) is 5.39. The van der Waals surface area contributed by atoms with E-state index in [2.05, 4.69) is 10.2 Å². The van der Waals surface area contributed by atoms with Gasteiger partial charge in [-0.15, -0.1) is 0 Å². The van der Waals surface area contributed by atoms with E-state index in [9.17, 15) is 9.59 Å². The van der Waals surface area contributed by atoms with Gasteiger partial charge in [0.1, 0.15) is 5.56 Å². The van der Waals surface area contributed by atoms with Gasteiger partial charge in [0.05, 0.1) is 5.69 Å². The van der Waals surface area contributed by atoms with Gasteiger partial charge in [-0.3, -0.25) is 4.79 Å². The number of carboxylic acid groups (broad SMARTS) is 1. The van der Waals surface area contributed by atoms with Gasteiger partial charge in [-0.25, -0.2) is 9.89 Å². The predicted molar refractivity (Wildman–Crippen MR) is 66.7 cm³/mol. The van der Waals surface area contributed by atoms with Gasteiger partial charge < -0.3 is 5.11 Å². The molecule has 0 atom stereocenters. The summed E-state index contributed by atoms with van der Waals surface area (Å²) < 4.78 is 0. The third kappa shape index (κ3) is 2.15. The summed E-state index contributed by atoms with van der Waals surface area (Å²) in [5.41, 5.74) is 2.34. The van der Waals surface area contributed by atoms with Crippen LogP contribution in [0.15, 0.2) is 29.1 Å². The van der Waals surface area contributed by atoms with Gasteiger partial charge in [0.15, 0.2) is 0 Å². The summed E-state index contributed by atoms with van der Waals surface area (Å²) >= 11 is 0. The summed E-state index contributed by atoms with van der Waals surface area (Å²) in [6.45, 7) is 3.88. The first-order valence-electron chi connectivity index (χ1n) is 5.39. The average molecular weight is 244 g/mol. The maximum atomic E-state index is 11.3. The van der Waals surface area contributed by atoms with Crippen molar-refractivity contribution in [2.24, 2.45) is 0 Å².